The third kappa shape index (κ3) is 2.32. The highest BCUT2D eigenvalue weighted by Gasteiger charge is 1.96. The van der Waals surface area contributed by atoms with Crippen LogP contribution in [0, 0.1) is 12.3 Å². The quantitative estimate of drug-likeness (QED) is 0.687. The van der Waals surface area contributed by atoms with Crippen LogP contribution >= 0.6 is 0 Å². The number of aryl methyl sites for hydroxylation is 1. The van der Waals surface area contributed by atoms with E-state index in [2.05, 4.69) is 6.58 Å². The van der Waals surface area contributed by atoms with Gasteiger partial charge in [-0.05, 0) is 24.6 Å². The summed E-state index contributed by atoms with van der Waals surface area (Å²) in [6, 6.07) is 3.43. The van der Waals surface area contributed by atoms with Crippen molar-refractivity contribution in [2.45, 2.75) is 6.92 Å². The van der Waals surface area contributed by atoms with Gasteiger partial charge < -0.3 is 5.73 Å². The van der Waals surface area contributed by atoms with Crippen molar-refractivity contribution >= 4 is 5.82 Å². The summed E-state index contributed by atoms with van der Waals surface area (Å²) in [7, 11) is 0. The second-order valence-corrected chi connectivity index (χ2v) is 2.98. The summed E-state index contributed by atoms with van der Waals surface area (Å²) >= 11 is 0. The Morgan fingerprint density at radius 2 is 2.36 bits per heavy atom. The maximum Gasteiger partial charge on any atom is 0.130 e. The van der Waals surface area contributed by atoms with Crippen molar-refractivity contribution in [3.05, 3.63) is 47.9 Å². The second kappa shape index (κ2) is 3.91. The molecule has 0 saturated carbocycles. The van der Waals surface area contributed by atoms with Crippen molar-refractivity contribution in [1.82, 2.24) is 4.57 Å². The molecule has 1 rings (SSSR count). The minimum absolute atomic E-state index is 0.141. The summed E-state index contributed by atoms with van der Waals surface area (Å²) in [5.41, 5.74) is 6.72. The van der Waals surface area contributed by atoms with Crippen molar-refractivity contribution in [1.29, 1.82) is 5.41 Å². The highest BCUT2D eigenvalue weighted by Crippen LogP contribution is 2.01. The Morgan fingerprint density at radius 3 is 2.86 bits per heavy atom. The number of hydrogen-bond donors (Lipinski definition) is 2. The predicted octanol–water partition coefficient (Wildman–Crippen LogP) is 1.52. The van der Waals surface area contributed by atoms with Crippen molar-refractivity contribution < 1.29 is 4.39 Å². The highest BCUT2D eigenvalue weighted by molar-refractivity contribution is 5.45. The van der Waals surface area contributed by atoms with Crippen LogP contribution in [0.3, 0.4) is 0 Å². The molecule has 1 aromatic heterocycles. The smallest absolute Gasteiger partial charge is 0.130 e. The van der Waals surface area contributed by atoms with Crippen LogP contribution in [-0.4, -0.2) is 4.57 Å². The Kier molecular flexibility index (Phi) is 2.86. The van der Waals surface area contributed by atoms with Gasteiger partial charge >= 0.3 is 0 Å². The van der Waals surface area contributed by atoms with E-state index in [1.165, 1.54) is 4.57 Å². The first-order chi connectivity index (χ1) is 6.50. The zero-order valence-corrected chi connectivity index (χ0v) is 7.92. The Morgan fingerprint density at radius 1 is 1.71 bits per heavy atom. The Labute approximate surface area is 81.5 Å². The average molecular weight is 193 g/mol. The molecule has 0 aliphatic rings. The number of allylic oxidation sites excluding steroid dienone is 2. The SMILES string of the molecule is C=C(F)/C=C(/N)n1ccc(C)cc1=N. The van der Waals surface area contributed by atoms with Crippen LogP contribution in [0.25, 0.3) is 5.82 Å². The molecule has 0 saturated heterocycles. The number of nitrogens with two attached hydrogens (primary N) is 1. The average Bonchev–Trinajstić information content (AvgIpc) is 2.01. The maximum absolute atomic E-state index is 12.4. The molecular formula is C10H12FN3. The molecule has 0 atom stereocenters. The normalized spacial score (nSPS) is 11.4. The molecule has 0 aliphatic heterocycles. The number of hydrogen-bond acceptors (Lipinski definition) is 2. The van der Waals surface area contributed by atoms with Gasteiger partial charge in [-0.15, -0.1) is 0 Å². The lowest BCUT2D eigenvalue weighted by atomic mass is 10.3. The Balaban J connectivity index is 3.21. The van der Waals surface area contributed by atoms with Crippen LogP contribution in [0.15, 0.2) is 36.8 Å². The van der Waals surface area contributed by atoms with E-state index < -0.39 is 5.83 Å². The lowest BCUT2D eigenvalue weighted by molar-refractivity contribution is 0.670. The number of rotatable bonds is 2. The third-order valence-electron chi connectivity index (χ3n) is 1.69. The number of aromatic nitrogens is 1. The molecule has 0 fully saturated rings. The fourth-order valence-corrected chi connectivity index (χ4v) is 1.06. The largest absolute Gasteiger partial charge is 0.385 e. The van der Waals surface area contributed by atoms with Crippen molar-refractivity contribution in [2.75, 3.05) is 0 Å². The van der Waals surface area contributed by atoms with E-state index in [0.29, 0.717) is 0 Å². The third-order valence-corrected chi connectivity index (χ3v) is 1.69. The minimum atomic E-state index is -0.630. The molecule has 3 N–H and O–H groups in total. The summed E-state index contributed by atoms with van der Waals surface area (Å²) < 4.78 is 13.8. The molecule has 0 radical (unpaired) electrons. The summed E-state index contributed by atoms with van der Waals surface area (Å²) in [5.74, 6) is -0.488. The van der Waals surface area contributed by atoms with E-state index in [-0.39, 0.29) is 11.3 Å². The van der Waals surface area contributed by atoms with Gasteiger partial charge in [0.15, 0.2) is 0 Å². The number of nitrogens with zero attached hydrogens (tertiary/aromatic N) is 1. The van der Waals surface area contributed by atoms with E-state index in [0.717, 1.165) is 11.6 Å². The monoisotopic (exact) mass is 193 g/mol. The van der Waals surface area contributed by atoms with Crippen LogP contribution < -0.4 is 11.2 Å². The van der Waals surface area contributed by atoms with Gasteiger partial charge in [0.25, 0.3) is 0 Å². The van der Waals surface area contributed by atoms with E-state index in [1.807, 2.05) is 6.92 Å². The van der Waals surface area contributed by atoms with Gasteiger partial charge in [-0.25, -0.2) is 4.39 Å². The molecule has 74 valence electrons. The summed E-state index contributed by atoms with van der Waals surface area (Å²) in [6.45, 7) is 4.94. The molecule has 1 heterocycles. The standard InChI is InChI=1S/C10H12FN3/c1-7-3-4-14(9(12)5-7)10(13)6-8(2)11/h3-6,12H,2,13H2,1H3/b10-6-,12-9?. The van der Waals surface area contributed by atoms with Crippen LogP contribution in [-0.2, 0) is 0 Å². The van der Waals surface area contributed by atoms with Gasteiger partial charge in [-0.3, -0.25) is 9.98 Å². The first-order valence-corrected chi connectivity index (χ1v) is 4.06. The van der Waals surface area contributed by atoms with Gasteiger partial charge in [-0.1, -0.05) is 6.58 Å². The lowest BCUT2D eigenvalue weighted by Gasteiger charge is -2.06. The lowest BCUT2D eigenvalue weighted by Crippen LogP contribution is -2.22. The van der Waals surface area contributed by atoms with Crippen molar-refractivity contribution in [2.24, 2.45) is 5.73 Å². The van der Waals surface area contributed by atoms with Gasteiger partial charge in [0, 0.05) is 12.3 Å². The summed E-state index contributed by atoms with van der Waals surface area (Å²) in [5, 5.41) is 7.58. The summed E-state index contributed by atoms with van der Waals surface area (Å²) in [4.78, 5) is 0. The molecule has 1 aromatic rings. The molecule has 14 heavy (non-hydrogen) atoms. The number of halogens is 1. The van der Waals surface area contributed by atoms with Gasteiger partial charge in [0.1, 0.15) is 17.1 Å². The number of pyridine rings is 1. The van der Waals surface area contributed by atoms with Gasteiger partial charge in [0.05, 0.1) is 0 Å². The molecule has 0 unspecified atom stereocenters. The Bertz CT molecular complexity index is 443. The predicted molar refractivity (Wildman–Crippen MR) is 53.7 cm³/mol. The zero-order chi connectivity index (χ0) is 10.7. The van der Waals surface area contributed by atoms with Crippen molar-refractivity contribution in [3.63, 3.8) is 0 Å². The number of nitrogens with one attached hydrogen (secondary N) is 1. The first-order valence-electron chi connectivity index (χ1n) is 4.06. The molecule has 3 nitrogen and oxygen atoms in total. The van der Waals surface area contributed by atoms with E-state index in [4.69, 9.17) is 11.1 Å². The van der Waals surface area contributed by atoms with Gasteiger partial charge in [0.2, 0.25) is 0 Å². The molecule has 0 amide bonds. The Hall–Kier alpha value is -1.84. The van der Waals surface area contributed by atoms with E-state index in [1.54, 1.807) is 18.3 Å². The van der Waals surface area contributed by atoms with Crippen LogP contribution in [0.4, 0.5) is 4.39 Å². The first kappa shape index (κ1) is 10.2. The zero-order valence-electron chi connectivity index (χ0n) is 7.92. The van der Waals surface area contributed by atoms with Crippen LogP contribution in [0.2, 0.25) is 0 Å². The molecular weight excluding hydrogens is 181 g/mol. The van der Waals surface area contributed by atoms with Crippen LogP contribution in [0.1, 0.15) is 5.56 Å². The fraction of sp³-hybridized carbons (Fsp3) is 0.100. The van der Waals surface area contributed by atoms with Crippen molar-refractivity contribution in [3.8, 4) is 0 Å². The molecule has 0 bridgehead atoms. The molecule has 0 spiro atoms. The fourth-order valence-electron chi connectivity index (χ4n) is 1.06. The van der Waals surface area contributed by atoms with Gasteiger partial charge in [-0.2, -0.15) is 0 Å². The molecule has 0 aromatic carbocycles. The molecule has 4 heteroatoms. The maximum atomic E-state index is 12.4. The second-order valence-electron chi connectivity index (χ2n) is 2.98. The topological polar surface area (TPSA) is 54.8 Å². The molecule has 0 aliphatic carbocycles. The van der Waals surface area contributed by atoms with E-state index in [9.17, 15) is 4.39 Å². The summed E-state index contributed by atoms with van der Waals surface area (Å²) in [6.07, 6.45) is 2.69. The van der Waals surface area contributed by atoms with Crippen LogP contribution in [0.5, 0.6) is 0 Å². The highest BCUT2D eigenvalue weighted by atomic mass is 19.1. The van der Waals surface area contributed by atoms with E-state index >= 15 is 0 Å². The minimum Gasteiger partial charge on any atom is -0.385 e.